The Hall–Kier alpha value is -0.840. The number of carbonyl (C=O) groups excluding carboxylic acids is 1. The number of amides is 1. The number of alkyl halides is 1. The summed E-state index contributed by atoms with van der Waals surface area (Å²) in [6, 6.07) is -0.0400. The van der Waals surface area contributed by atoms with Crippen LogP contribution >= 0.6 is 0 Å². The van der Waals surface area contributed by atoms with Crippen LogP contribution in [0.2, 0.25) is 0 Å². The molecule has 1 aliphatic heterocycles. The number of halogens is 1. The Morgan fingerprint density at radius 3 is 2.56 bits per heavy atom. The molecule has 0 spiro atoms. The van der Waals surface area contributed by atoms with Crippen molar-refractivity contribution < 1.29 is 13.9 Å². The highest BCUT2D eigenvalue weighted by atomic mass is 19.1. The van der Waals surface area contributed by atoms with E-state index in [1.807, 2.05) is 20.8 Å². The first-order valence-electron chi connectivity index (χ1n) is 6.55. The first kappa shape index (κ1) is 15.2. The van der Waals surface area contributed by atoms with E-state index < -0.39 is 18.0 Å². The van der Waals surface area contributed by atoms with Crippen molar-refractivity contribution in [3.63, 3.8) is 0 Å². The molecular formula is C13H25FN2O2. The molecular weight excluding hydrogens is 235 g/mol. The fraction of sp³-hybridized carbons (Fsp3) is 0.923. The molecule has 1 amide bonds. The summed E-state index contributed by atoms with van der Waals surface area (Å²) < 4.78 is 18.5. The van der Waals surface area contributed by atoms with Gasteiger partial charge in [0.25, 0.3) is 0 Å². The number of nitrogens with one attached hydrogen (secondary N) is 1. The predicted molar refractivity (Wildman–Crippen MR) is 69.1 cm³/mol. The standard InChI is InChI=1S/C13H25FN2O2/c1-9-6-11(8-16(7-9)10(2)14)15-12(17)18-13(3,4)5/h9-11H,6-8H2,1-5H3,(H,15,17)/t9-,10?,11+/m0/s1. The summed E-state index contributed by atoms with van der Waals surface area (Å²) in [5, 5.41) is 2.82. The number of piperidine rings is 1. The zero-order valence-electron chi connectivity index (χ0n) is 12.0. The average molecular weight is 260 g/mol. The number of carbonyl (C=O) groups is 1. The Morgan fingerprint density at radius 1 is 1.44 bits per heavy atom. The van der Waals surface area contributed by atoms with Gasteiger partial charge in [-0.2, -0.15) is 0 Å². The lowest BCUT2D eigenvalue weighted by atomic mass is 9.96. The zero-order valence-corrected chi connectivity index (χ0v) is 12.0. The fourth-order valence-corrected chi connectivity index (χ4v) is 2.26. The fourth-order valence-electron chi connectivity index (χ4n) is 2.26. The molecule has 1 N–H and O–H groups in total. The van der Waals surface area contributed by atoms with Gasteiger partial charge in [0.2, 0.25) is 0 Å². The van der Waals surface area contributed by atoms with Crippen molar-refractivity contribution in [3.8, 4) is 0 Å². The Balaban J connectivity index is 2.48. The average Bonchev–Trinajstić information content (AvgIpc) is 2.12. The SMILES string of the molecule is CC(F)N1C[C@@H](C)C[C@@H](NC(=O)OC(C)(C)C)C1. The van der Waals surface area contributed by atoms with Gasteiger partial charge in [-0.05, 0) is 40.0 Å². The number of rotatable bonds is 2. The second-order valence-electron chi connectivity index (χ2n) is 6.21. The van der Waals surface area contributed by atoms with E-state index in [4.69, 9.17) is 4.74 Å². The van der Waals surface area contributed by atoms with Gasteiger partial charge in [0.1, 0.15) is 5.60 Å². The number of ether oxygens (including phenoxy) is 1. The molecule has 0 aromatic carbocycles. The van der Waals surface area contributed by atoms with Crippen LogP contribution in [0.25, 0.3) is 0 Å². The van der Waals surface area contributed by atoms with Crippen LogP contribution in [0.1, 0.15) is 41.0 Å². The zero-order chi connectivity index (χ0) is 13.9. The third-order valence-corrected chi connectivity index (χ3v) is 2.91. The second-order valence-corrected chi connectivity index (χ2v) is 6.21. The number of hydrogen-bond acceptors (Lipinski definition) is 3. The number of likely N-dealkylation sites (tertiary alicyclic amines) is 1. The first-order chi connectivity index (χ1) is 8.17. The minimum Gasteiger partial charge on any atom is -0.444 e. The molecule has 5 heteroatoms. The maximum Gasteiger partial charge on any atom is 0.407 e. The molecule has 106 valence electrons. The van der Waals surface area contributed by atoms with Gasteiger partial charge in [-0.15, -0.1) is 0 Å². The molecule has 0 aliphatic carbocycles. The molecule has 1 saturated heterocycles. The molecule has 0 radical (unpaired) electrons. The normalized spacial score (nSPS) is 27.7. The summed E-state index contributed by atoms with van der Waals surface area (Å²) >= 11 is 0. The summed E-state index contributed by atoms with van der Waals surface area (Å²) in [5.74, 6) is 0.372. The van der Waals surface area contributed by atoms with Gasteiger partial charge >= 0.3 is 6.09 Å². The van der Waals surface area contributed by atoms with Gasteiger partial charge in [0.15, 0.2) is 6.30 Å². The minimum absolute atomic E-state index is 0.0400. The summed E-state index contributed by atoms with van der Waals surface area (Å²) in [7, 11) is 0. The lowest BCUT2D eigenvalue weighted by Crippen LogP contribution is -2.52. The van der Waals surface area contributed by atoms with E-state index in [2.05, 4.69) is 12.2 Å². The minimum atomic E-state index is -0.976. The van der Waals surface area contributed by atoms with E-state index in [-0.39, 0.29) is 6.04 Å². The highest BCUT2D eigenvalue weighted by Crippen LogP contribution is 2.19. The van der Waals surface area contributed by atoms with Crippen molar-refractivity contribution in [2.45, 2.75) is 59.0 Å². The van der Waals surface area contributed by atoms with Crippen LogP contribution in [0, 0.1) is 5.92 Å². The Labute approximate surface area is 109 Å². The topological polar surface area (TPSA) is 41.6 Å². The van der Waals surface area contributed by atoms with Crippen molar-refractivity contribution in [3.05, 3.63) is 0 Å². The molecule has 18 heavy (non-hydrogen) atoms. The molecule has 0 saturated carbocycles. The molecule has 3 atom stereocenters. The smallest absolute Gasteiger partial charge is 0.407 e. The van der Waals surface area contributed by atoms with Crippen LogP contribution in [0.4, 0.5) is 9.18 Å². The molecule has 1 unspecified atom stereocenters. The van der Waals surface area contributed by atoms with Gasteiger partial charge in [-0.1, -0.05) is 6.92 Å². The molecule has 1 fully saturated rings. The second kappa shape index (κ2) is 5.87. The molecule has 1 aliphatic rings. The van der Waals surface area contributed by atoms with E-state index in [0.717, 1.165) is 13.0 Å². The molecule has 1 heterocycles. The van der Waals surface area contributed by atoms with Gasteiger partial charge in [-0.3, -0.25) is 4.90 Å². The first-order valence-corrected chi connectivity index (χ1v) is 6.55. The third kappa shape index (κ3) is 5.21. The highest BCUT2D eigenvalue weighted by Gasteiger charge is 2.29. The van der Waals surface area contributed by atoms with E-state index in [1.165, 1.54) is 6.92 Å². The molecule has 0 bridgehead atoms. The quantitative estimate of drug-likeness (QED) is 0.776. The monoisotopic (exact) mass is 260 g/mol. The van der Waals surface area contributed by atoms with E-state index in [0.29, 0.717) is 12.5 Å². The molecule has 0 aromatic heterocycles. The van der Waals surface area contributed by atoms with Crippen molar-refractivity contribution in [1.82, 2.24) is 10.2 Å². The number of alkyl carbamates (subject to hydrolysis) is 1. The van der Waals surface area contributed by atoms with Gasteiger partial charge in [0, 0.05) is 19.1 Å². The summed E-state index contributed by atoms with van der Waals surface area (Å²) in [4.78, 5) is 13.4. The van der Waals surface area contributed by atoms with Crippen LogP contribution < -0.4 is 5.32 Å². The van der Waals surface area contributed by atoms with Crippen molar-refractivity contribution in [2.24, 2.45) is 5.92 Å². The summed E-state index contributed by atoms with van der Waals surface area (Å²) in [5.41, 5.74) is -0.503. The van der Waals surface area contributed by atoms with Crippen molar-refractivity contribution in [1.29, 1.82) is 0 Å². The molecule has 4 nitrogen and oxygen atoms in total. The molecule has 1 rings (SSSR count). The predicted octanol–water partition coefficient (Wildman–Crippen LogP) is 2.54. The maximum absolute atomic E-state index is 13.3. The van der Waals surface area contributed by atoms with Crippen molar-refractivity contribution in [2.75, 3.05) is 13.1 Å². The van der Waals surface area contributed by atoms with Crippen LogP contribution in [-0.4, -0.2) is 42.0 Å². The van der Waals surface area contributed by atoms with Gasteiger partial charge in [0.05, 0.1) is 0 Å². The number of hydrogen-bond donors (Lipinski definition) is 1. The van der Waals surface area contributed by atoms with Crippen LogP contribution in [0.15, 0.2) is 0 Å². The van der Waals surface area contributed by atoms with E-state index in [1.54, 1.807) is 4.90 Å². The van der Waals surface area contributed by atoms with Gasteiger partial charge in [-0.25, -0.2) is 9.18 Å². The van der Waals surface area contributed by atoms with E-state index in [9.17, 15) is 9.18 Å². The lowest BCUT2D eigenvalue weighted by molar-refractivity contribution is 0.0268. The Kier molecular flexibility index (Phi) is 4.96. The molecule has 0 aromatic rings. The van der Waals surface area contributed by atoms with Crippen LogP contribution in [-0.2, 0) is 4.74 Å². The van der Waals surface area contributed by atoms with Crippen LogP contribution in [0.5, 0.6) is 0 Å². The largest absolute Gasteiger partial charge is 0.444 e. The third-order valence-electron chi connectivity index (χ3n) is 2.91. The summed E-state index contributed by atoms with van der Waals surface area (Å²) in [6.45, 7) is 10.4. The highest BCUT2D eigenvalue weighted by molar-refractivity contribution is 5.68. The van der Waals surface area contributed by atoms with Crippen molar-refractivity contribution >= 4 is 6.09 Å². The maximum atomic E-state index is 13.3. The Morgan fingerprint density at radius 2 is 2.06 bits per heavy atom. The van der Waals surface area contributed by atoms with E-state index >= 15 is 0 Å². The number of nitrogens with zero attached hydrogens (tertiary/aromatic N) is 1. The van der Waals surface area contributed by atoms with Crippen LogP contribution in [0.3, 0.4) is 0 Å². The summed E-state index contributed by atoms with van der Waals surface area (Å²) in [6.07, 6.45) is -0.536. The Bertz CT molecular complexity index is 289. The lowest BCUT2D eigenvalue weighted by Gasteiger charge is -2.37. The van der Waals surface area contributed by atoms with Gasteiger partial charge < -0.3 is 10.1 Å².